The Kier molecular flexibility index (Phi) is 4.19. The summed E-state index contributed by atoms with van der Waals surface area (Å²) in [6.45, 7) is 8.27. The van der Waals surface area contributed by atoms with Crippen LogP contribution in [0.15, 0.2) is 41.1 Å². The SMILES string of the molecule is Cc1nc2cc(-c3nc(C#N)ccc3-c3cnc(CC(C)(C)C)o3)ccn2n1. The average Bonchev–Trinajstić information content (AvgIpc) is 3.24. The number of pyridine rings is 2. The molecule has 0 N–H and O–H groups in total. The number of nitrogens with zero attached hydrogens (tertiary/aromatic N) is 6. The summed E-state index contributed by atoms with van der Waals surface area (Å²) in [4.78, 5) is 13.4. The van der Waals surface area contributed by atoms with Crippen LogP contribution >= 0.6 is 0 Å². The molecule has 0 aliphatic carbocycles. The Labute approximate surface area is 162 Å². The summed E-state index contributed by atoms with van der Waals surface area (Å²) in [6, 6.07) is 9.44. The minimum Gasteiger partial charge on any atom is -0.441 e. The maximum absolute atomic E-state index is 9.30. The van der Waals surface area contributed by atoms with Gasteiger partial charge >= 0.3 is 0 Å². The van der Waals surface area contributed by atoms with Gasteiger partial charge in [0.15, 0.2) is 17.3 Å². The zero-order valence-electron chi connectivity index (χ0n) is 16.3. The highest BCUT2D eigenvalue weighted by Crippen LogP contribution is 2.32. The number of rotatable bonds is 3. The first-order valence-corrected chi connectivity index (χ1v) is 9.02. The van der Waals surface area contributed by atoms with Crippen LogP contribution in [0.1, 0.15) is 38.2 Å². The smallest absolute Gasteiger partial charge is 0.195 e. The molecule has 0 aliphatic heterocycles. The van der Waals surface area contributed by atoms with Crippen molar-refractivity contribution in [2.24, 2.45) is 5.41 Å². The van der Waals surface area contributed by atoms with E-state index in [1.165, 1.54) is 0 Å². The van der Waals surface area contributed by atoms with Crippen molar-refractivity contribution < 1.29 is 4.42 Å². The van der Waals surface area contributed by atoms with E-state index in [4.69, 9.17) is 4.42 Å². The number of oxazole rings is 1. The number of nitriles is 1. The van der Waals surface area contributed by atoms with Crippen molar-refractivity contribution in [3.05, 3.63) is 54.1 Å². The lowest BCUT2D eigenvalue weighted by molar-refractivity contribution is 0.357. The Hall–Kier alpha value is -3.53. The highest BCUT2D eigenvalue weighted by Gasteiger charge is 2.19. The molecule has 28 heavy (non-hydrogen) atoms. The van der Waals surface area contributed by atoms with E-state index in [1.807, 2.05) is 31.3 Å². The van der Waals surface area contributed by atoms with Gasteiger partial charge in [0.1, 0.15) is 17.6 Å². The monoisotopic (exact) mass is 372 g/mol. The Morgan fingerprint density at radius 3 is 2.75 bits per heavy atom. The van der Waals surface area contributed by atoms with Gasteiger partial charge in [0, 0.05) is 23.7 Å². The molecule has 0 atom stereocenters. The maximum atomic E-state index is 9.30. The Morgan fingerprint density at radius 1 is 1.18 bits per heavy atom. The molecule has 4 aromatic rings. The summed E-state index contributed by atoms with van der Waals surface area (Å²) in [6.07, 6.45) is 4.28. The van der Waals surface area contributed by atoms with Gasteiger partial charge in [0.25, 0.3) is 0 Å². The minimum atomic E-state index is 0.0738. The molecule has 0 unspecified atom stereocenters. The summed E-state index contributed by atoms with van der Waals surface area (Å²) >= 11 is 0. The second-order valence-electron chi connectivity index (χ2n) is 7.94. The molecular weight excluding hydrogens is 352 g/mol. The predicted octanol–water partition coefficient (Wildman–Crippen LogP) is 4.22. The van der Waals surface area contributed by atoms with Gasteiger partial charge in [-0.1, -0.05) is 20.8 Å². The lowest BCUT2D eigenvalue weighted by atomic mass is 9.92. The first-order valence-electron chi connectivity index (χ1n) is 9.02. The second kappa shape index (κ2) is 6.57. The average molecular weight is 372 g/mol. The number of aromatic nitrogens is 5. The van der Waals surface area contributed by atoms with Gasteiger partial charge in [-0.3, -0.25) is 0 Å². The van der Waals surface area contributed by atoms with E-state index in [1.54, 1.807) is 16.8 Å². The van der Waals surface area contributed by atoms with E-state index in [2.05, 4.69) is 46.9 Å². The molecule has 0 fully saturated rings. The maximum Gasteiger partial charge on any atom is 0.195 e. The molecule has 4 aromatic heterocycles. The van der Waals surface area contributed by atoms with E-state index < -0.39 is 0 Å². The summed E-state index contributed by atoms with van der Waals surface area (Å²) < 4.78 is 7.72. The Morgan fingerprint density at radius 2 is 2.00 bits per heavy atom. The second-order valence-corrected chi connectivity index (χ2v) is 7.94. The minimum absolute atomic E-state index is 0.0738. The highest BCUT2D eigenvalue weighted by atomic mass is 16.4. The molecule has 0 saturated carbocycles. The Balaban J connectivity index is 1.83. The van der Waals surface area contributed by atoms with Crippen molar-refractivity contribution in [1.82, 2.24) is 24.6 Å². The lowest BCUT2D eigenvalue weighted by Gasteiger charge is -2.14. The van der Waals surface area contributed by atoms with Crippen LogP contribution in [0.2, 0.25) is 0 Å². The van der Waals surface area contributed by atoms with E-state index in [0.717, 1.165) is 23.2 Å². The highest BCUT2D eigenvalue weighted by molar-refractivity contribution is 5.79. The topological polar surface area (TPSA) is 92.9 Å². The molecule has 0 amide bonds. The summed E-state index contributed by atoms with van der Waals surface area (Å²) in [7, 11) is 0. The summed E-state index contributed by atoms with van der Waals surface area (Å²) in [5.74, 6) is 2.00. The van der Waals surface area contributed by atoms with Crippen LogP contribution in [-0.2, 0) is 6.42 Å². The fourth-order valence-electron chi connectivity index (χ4n) is 3.05. The first-order chi connectivity index (χ1) is 13.3. The van der Waals surface area contributed by atoms with Crippen molar-refractivity contribution >= 4 is 5.65 Å². The van der Waals surface area contributed by atoms with Gasteiger partial charge in [0.2, 0.25) is 0 Å². The third-order valence-corrected chi connectivity index (χ3v) is 4.23. The van der Waals surface area contributed by atoms with Gasteiger partial charge in [-0.2, -0.15) is 10.4 Å². The summed E-state index contributed by atoms with van der Waals surface area (Å²) in [5, 5.41) is 13.6. The van der Waals surface area contributed by atoms with Crippen LogP contribution in [0.3, 0.4) is 0 Å². The molecule has 0 radical (unpaired) electrons. The Bertz CT molecular complexity index is 1210. The van der Waals surface area contributed by atoms with Gasteiger partial charge in [-0.15, -0.1) is 0 Å². The molecule has 4 rings (SSSR count). The van der Waals surface area contributed by atoms with Crippen LogP contribution in [0.5, 0.6) is 0 Å². The van der Waals surface area contributed by atoms with Crippen molar-refractivity contribution in [2.45, 2.75) is 34.1 Å². The van der Waals surface area contributed by atoms with Gasteiger partial charge < -0.3 is 4.42 Å². The van der Waals surface area contributed by atoms with E-state index in [0.29, 0.717) is 28.9 Å². The number of aryl methyl sites for hydroxylation is 1. The quantitative estimate of drug-likeness (QED) is 0.535. The third-order valence-electron chi connectivity index (χ3n) is 4.23. The molecule has 140 valence electrons. The van der Waals surface area contributed by atoms with Crippen LogP contribution in [0.25, 0.3) is 28.2 Å². The van der Waals surface area contributed by atoms with E-state index >= 15 is 0 Å². The van der Waals surface area contributed by atoms with Crippen LogP contribution in [0.4, 0.5) is 0 Å². The molecule has 4 heterocycles. The van der Waals surface area contributed by atoms with Gasteiger partial charge in [-0.25, -0.2) is 19.5 Å². The van der Waals surface area contributed by atoms with Crippen LogP contribution < -0.4 is 0 Å². The molecular formula is C21H20N6O. The number of fused-ring (bicyclic) bond motifs is 1. The van der Waals surface area contributed by atoms with Crippen LogP contribution in [-0.4, -0.2) is 24.6 Å². The molecule has 0 aliphatic rings. The summed E-state index contributed by atoms with van der Waals surface area (Å²) in [5.41, 5.74) is 3.40. The normalized spacial score (nSPS) is 11.7. The molecule has 0 bridgehead atoms. The third kappa shape index (κ3) is 3.49. The lowest BCUT2D eigenvalue weighted by Crippen LogP contribution is -2.09. The fraction of sp³-hybridized carbons (Fsp3) is 0.286. The zero-order chi connectivity index (χ0) is 19.9. The van der Waals surface area contributed by atoms with E-state index in [-0.39, 0.29) is 5.41 Å². The van der Waals surface area contributed by atoms with Gasteiger partial charge in [-0.05, 0) is 36.6 Å². The molecule has 0 aromatic carbocycles. The molecule has 0 spiro atoms. The standard InChI is InChI=1S/C21H20N6O/c1-13-24-18-9-14(7-8-27(18)26-13)20-16(6-5-15(11-22)25-20)17-12-23-19(28-17)10-21(2,3)4/h5-9,12H,10H2,1-4H3. The predicted molar refractivity (Wildman–Crippen MR) is 104 cm³/mol. The van der Waals surface area contributed by atoms with Crippen molar-refractivity contribution in [3.8, 4) is 28.7 Å². The largest absolute Gasteiger partial charge is 0.441 e. The molecule has 7 nitrogen and oxygen atoms in total. The van der Waals surface area contributed by atoms with Crippen molar-refractivity contribution in [2.75, 3.05) is 0 Å². The van der Waals surface area contributed by atoms with E-state index in [9.17, 15) is 5.26 Å². The zero-order valence-corrected chi connectivity index (χ0v) is 16.3. The number of hydrogen-bond donors (Lipinski definition) is 0. The van der Waals surface area contributed by atoms with Crippen molar-refractivity contribution in [3.63, 3.8) is 0 Å². The fourth-order valence-corrected chi connectivity index (χ4v) is 3.05. The van der Waals surface area contributed by atoms with Gasteiger partial charge in [0.05, 0.1) is 11.9 Å². The van der Waals surface area contributed by atoms with Crippen molar-refractivity contribution in [1.29, 1.82) is 5.26 Å². The van der Waals surface area contributed by atoms with Crippen LogP contribution in [0, 0.1) is 23.7 Å². The first kappa shape index (κ1) is 17.9. The molecule has 0 saturated heterocycles. The molecule has 7 heteroatoms. The number of hydrogen-bond acceptors (Lipinski definition) is 6.